The van der Waals surface area contributed by atoms with Crippen molar-refractivity contribution in [1.82, 2.24) is 4.57 Å². The fourth-order valence-electron chi connectivity index (χ4n) is 2.79. The van der Waals surface area contributed by atoms with Crippen molar-refractivity contribution in [2.75, 3.05) is 7.11 Å². The zero-order chi connectivity index (χ0) is 17.8. The molecule has 25 heavy (non-hydrogen) atoms. The molecular formula is C18H19N2O4P. The molecule has 0 bridgehead atoms. The monoisotopic (exact) mass is 358 g/mol. The fourth-order valence-corrected chi connectivity index (χ4v) is 3.19. The summed E-state index contributed by atoms with van der Waals surface area (Å²) in [5.74, 6) is 0.0250. The summed E-state index contributed by atoms with van der Waals surface area (Å²) in [4.78, 5) is 11.4. The van der Waals surface area contributed by atoms with Crippen molar-refractivity contribution in [3.8, 4) is 5.75 Å². The molecule has 130 valence electrons. The molecule has 0 fully saturated rings. The number of nitrogens with two attached hydrogens (primary N) is 1. The fraction of sp³-hybridized carbons (Fsp3) is 0.167. The second-order valence-electron chi connectivity index (χ2n) is 5.65. The second kappa shape index (κ2) is 7.55. The number of hydrogen-bond donors (Lipinski definition) is 1. The number of amides is 1. The van der Waals surface area contributed by atoms with Gasteiger partial charge in [-0.1, -0.05) is 30.3 Å². The zero-order valence-electron chi connectivity index (χ0n) is 13.8. The van der Waals surface area contributed by atoms with Crippen molar-refractivity contribution in [3.63, 3.8) is 0 Å². The minimum Gasteiger partial charge on any atom is -0.426 e. The first-order valence-electron chi connectivity index (χ1n) is 7.76. The standard InChI is InChI=1S/C18H19N2O4P/c1-23-25(22)24-15-7-8-17-16(10-15)14(9-18(19)21)12-20(17)11-13-5-3-2-4-6-13/h2-8,10,12,25H,9,11H2,1H3,(H2,19,21). The lowest BCUT2D eigenvalue weighted by molar-refractivity contribution is -0.117. The van der Waals surface area contributed by atoms with Gasteiger partial charge in [-0.3, -0.25) is 4.79 Å². The van der Waals surface area contributed by atoms with Gasteiger partial charge >= 0.3 is 8.25 Å². The van der Waals surface area contributed by atoms with Gasteiger partial charge in [-0.2, -0.15) is 0 Å². The van der Waals surface area contributed by atoms with E-state index in [1.54, 1.807) is 12.1 Å². The molecule has 3 rings (SSSR count). The molecule has 1 atom stereocenters. The van der Waals surface area contributed by atoms with Crippen LogP contribution in [0.1, 0.15) is 11.1 Å². The molecule has 3 aromatic rings. The van der Waals surface area contributed by atoms with Gasteiger partial charge < -0.3 is 19.3 Å². The summed E-state index contributed by atoms with van der Waals surface area (Å²) < 4.78 is 23.5. The van der Waals surface area contributed by atoms with Gasteiger partial charge in [0.1, 0.15) is 5.75 Å². The second-order valence-corrected chi connectivity index (χ2v) is 6.76. The van der Waals surface area contributed by atoms with E-state index in [-0.39, 0.29) is 6.42 Å². The van der Waals surface area contributed by atoms with E-state index in [0.717, 1.165) is 22.0 Å². The van der Waals surface area contributed by atoms with E-state index in [1.165, 1.54) is 7.11 Å². The highest BCUT2D eigenvalue weighted by Gasteiger charge is 2.13. The molecule has 0 spiro atoms. The highest BCUT2D eigenvalue weighted by Crippen LogP contribution is 2.32. The molecule has 0 aliphatic heterocycles. The highest BCUT2D eigenvalue weighted by molar-refractivity contribution is 7.33. The molecule has 0 aliphatic carbocycles. The Morgan fingerprint density at radius 2 is 1.96 bits per heavy atom. The van der Waals surface area contributed by atoms with Gasteiger partial charge in [0.25, 0.3) is 0 Å². The summed E-state index contributed by atoms with van der Waals surface area (Å²) in [5, 5.41) is 0.845. The average molecular weight is 358 g/mol. The molecule has 0 saturated carbocycles. The number of carbonyl (C=O) groups excluding carboxylic acids is 1. The van der Waals surface area contributed by atoms with Crippen LogP contribution >= 0.6 is 8.25 Å². The Balaban J connectivity index is 2.02. The minimum atomic E-state index is -2.57. The van der Waals surface area contributed by atoms with Crippen molar-refractivity contribution in [3.05, 3.63) is 65.9 Å². The third-order valence-electron chi connectivity index (χ3n) is 3.86. The first-order chi connectivity index (χ1) is 12.1. The summed E-state index contributed by atoms with van der Waals surface area (Å²) in [6.45, 7) is 0.672. The normalized spacial score (nSPS) is 12.2. The van der Waals surface area contributed by atoms with E-state index >= 15 is 0 Å². The smallest absolute Gasteiger partial charge is 0.367 e. The Bertz CT molecular complexity index is 921. The number of rotatable bonds is 7. The number of primary amides is 1. The van der Waals surface area contributed by atoms with Crippen LogP contribution in [0.3, 0.4) is 0 Å². The summed E-state index contributed by atoms with van der Waals surface area (Å²) >= 11 is 0. The molecule has 0 aliphatic rings. The third kappa shape index (κ3) is 4.10. The van der Waals surface area contributed by atoms with Gasteiger partial charge in [0, 0.05) is 30.8 Å². The third-order valence-corrected chi connectivity index (χ3v) is 4.60. The van der Waals surface area contributed by atoms with Crippen LogP contribution in [-0.4, -0.2) is 17.6 Å². The van der Waals surface area contributed by atoms with Crippen molar-refractivity contribution < 1.29 is 18.4 Å². The lowest BCUT2D eigenvalue weighted by Gasteiger charge is -2.07. The minimum absolute atomic E-state index is 0.126. The predicted octanol–water partition coefficient (Wildman–Crippen LogP) is 3.13. The van der Waals surface area contributed by atoms with Crippen LogP contribution in [0.4, 0.5) is 0 Å². The molecule has 1 heterocycles. The van der Waals surface area contributed by atoms with E-state index in [2.05, 4.69) is 9.09 Å². The quantitative estimate of drug-likeness (QED) is 0.658. The average Bonchev–Trinajstić information content (AvgIpc) is 2.92. The first-order valence-corrected chi connectivity index (χ1v) is 8.99. The van der Waals surface area contributed by atoms with E-state index < -0.39 is 14.2 Å². The first kappa shape index (κ1) is 17.3. The van der Waals surface area contributed by atoms with Crippen LogP contribution in [0.5, 0.6) is 5.75 Å². The maximum Gasteiger partial charge on any atom is 0.367 e. The van der Waals surface area contributed by atoms with Crippen molar-refractivity contribution in [1.29, 1.82) is 0 Å². The number of carbonyl (C=O) groups is 1. The van der Waals surface area contributed by atoms with Crippen molar-refractivity contribution in [2.24, 2.45) is 5.73 Å². The number of nitrogens with zero attached hydrogens (tertiary/aromatic N) is 1. The molecule has 6 nitrogen and oxygen atoms in total. The van der Waals surface area contributed by atoms with Crippen LogP contribution in [0.15, 0.2) is 54.7 Å². The molecule has 1 unspecified atom stereocenters. The molecule has 2 N–H and O–H groups in total. The number of fused-ring (bicyclic) bond motifs is 1. The van der Waals surface area contributed by atoms with Crippen molar-refractivity contribution >= 4 is 25.1 Å². The lowest BCUT2D eigenvalue weighted by Crippen LogP contribution is -2.13. The Morgan fingerprint density at radius 1 is 1.20 bits per heavy atom. The molecule has 2 aromatic carbocycles. The molecular weight excluding hydrogens is 339 g/mol. The summed E-state index contributed by atoms with van der Waals surface area (Å²) in [6.07, 6.45) is 2.05. The van der Waals surface area contributed by atoms with E-state index in [1.807, 2.05) is 42.6 Å². The van der Waals surface area contributed by atoms with E-state index in [0.29, 0.717) is 12.3 Å². The van der Waals surface area contributed by atoms with Crippen LogP contribution in [0.25, 0.3) is 10.9 Å². The molecule has 7 heteroatoms. The topological polar surface area (TPSA) is 83.6 Å². The van der Waals surface area contributed by atoms with Crippen LogP contribution in [0, 0.1) is 0 Å². The van der Waals surface area contributed by atoms with E-state index in [4.69, 9.17) is 10.3 Å². The maximum atomic E-state index is 11.5. The number of benzene rings is 2. The van der Waals surface area contributed by atoms with Gasteiger partial charge in [-0.25, -0.2) is 4.57 Å². The SMILES string of the molecule is CO[PH](=O)Oc1ccc2c(c1)c(CC(N)=O)cn2Cc1ccccc1. The lowest BCUT2D eigenvalue weighted by atomic mass is 10.1. The van der Waals surface area contributed by atoms with Crippen LogP contribution in [0.2, 0.25) is 0 Å². The zero-order valence-corrected chi connectivity index (χ0v) is 14.8. The van der Waals surface area contributed by atoms with Crippen molar-refractivity contribution in [2.45, 2.75) is 13.0 Å². The van der Waals surface area contributed by atoms with E-state index in [9.17, 15) is 9.36 Å². The molecule has 1 aromatic heterocycles. The summed E-state index contributed by atoms with van der Waals surface area (Å²) in [7, 11) is -1.25. The van der Waals surface area contributed by atoms with Gasteiger partial charge in [-0.15, -0.1) is 0 Å². The highest BCUT2D eigenvalue weighted by atomic mass is 31.1. The van der Waals surface area contributed by atoms with Gasteiger partial charge in [0.2, 0.25) is 5.91 Å². The Kier molecular flexibility index (Phi) is 5.22. The predicted molar refractivity (Wildman–Crippen MR) is 97.0 cm³/mol. The molecule has 0 radical (unpaired) electrons. The van der Waals surface area contributed by atoms with Crippen LogP contribution < -0.4 is 10.3 Å². The Labute approximate surface area is 146 Å². The Hall–Kier alpha value is -2.56. The summed E-state index contributed by atoms with van der Waals surface area (Å²) in [6, 6.07) is 15.4. The van der Waals surface area contributed by atoms with Gasteiger partial charge in [-0.05, 0) is 29.3 Å². The number of hydrogen-bond acceptors (Lipinski definition) is 4. The maximum absolute atomic E-state index is 11.5. The van der Waals surface area contributed by atoms with Gasteiger partial charge in [0.15, 0.2) is 0 Å². The largest absolute Gasteiger partial charge is 0.426 e. The van der Waals surface area contributed by atoms with Gasteiger partial charge in [0.05, 0.1) is 6.42 Å². The molecule has 1 amide bonds. The number of aromatic nitrogens is 1. The molecule has 0 saturated heterocycles. The Morgan fingerprint density at radius 3 is 2.64 bits per heavy atom. The van der Waals surface area contributed by atoms with Crippen LogP contribution in [-0.2, 0) is 26.8 Å². The summed E-state index contributed by atoms with van der Waals surface area (Å²) in [5.41, 5.74) is 8.28.